The largest absolute Gasteiger partial charge is 0.477 e. The van der Waals surface area contributed by atoms with Crippen LogP contribution in [0, 0.1) is 12.7 Å². The number of nitrogens with one attached hydrogen (secondary N) is 1. The van der Waals surface area contributed by atoms with E-state index >= 15 is 0 Å². The molecule has 1 aromatic heterocycles. The van der Waals surface area contributed by atoms with Gasteiger partial charge in [0.05, 0.1) is 6.42 Å². The van der Waals surface area contributed by atoms with Gasteiger partial charge in [-0.05, 0) is 24.6 Å². The molecule has 3 heterocycles. The van der Waals surface area contributed by atoms with Gasteiger partial charge in [0.15, 0.2) is 4.34 Å². The molecule has 0 bridgehead atoms. The Morgan fingerprint density at radius 3 is 2.70 bits per heavy atom. The Morgan fingerprint density at radius 2 is 2.07 bits per heavy atom. The van der Waals surface area contributed by atoms with E-state index in [1.165, 1.54) is 64.0 Å². The minimum Gasteiger partial charge on any atom is -0.477 e. The second-order valence-corrected chi connectivity index (χ2v) is 10.2. The molecule has 0 radical (unpaired) electrons. The second-order valence-electron chi connectivity index (χ2n) is 6.52. The zero-order valence-corrected chi connectivity index (χ0v) is 17.9. The number of nitrogens with zero attached hydrogens (tertiary/aromatic N) is 3. The van der Waals surface area contributed by atoms with E-state index in [-0.39, 0.29) is 18.0 Å². The summed E-state index contributed by atoms with van der Waals surface area (Å²) in [6, 6.07) is 4.73. The second kappa shape index (κ2) is 8.36. The van der Waals surface area contributed by atoms with Crippen LogP contribution < -0.4 is 5.32 Å². The molecule has 30 heavy (non-hydrogen) atoms. The molecule has 12 heteroatoms. The number of carboxylic acid groups (broad SMARTS) is 1. The highest BCUT2D eigenvalue weighted by Crippen LogP contribution is 2.45. The number of carbonyl (C=O) groups is 3. The Kier molecular flexibility index (Phi) is 5.80. The van der Waals surface area contributed by atoms with E-state index in [1.54, 1.807) is 6.92 Å². The number of halogens is 1. The average Bonchev–Trinajstić information content (AvgIpc) is 3.12. The summed E-state index contributed by atoms with van der Waals surface area (Å²) in [5, 5.41) is 20.6. The first-order valence-electron chi connectivity index (χ1n) is 8.76. The zero-order chi connectivity index (χ0) is 21.4. The van der Waals surface area contributed by atoms with Gasteiger partial charge in [-0.2, -0.15) is 0 Å². The van der Waals surface area contributed by atoms with Crippen LogP contribution in [-0.4, -0.2) is 55.2 Å². The van der Waals surface area contributed by atoms with Crippen LogP contribution in [0.1, 0.15) is 10.6 Å². The molecule has 0 saturated carbocycles. The molecule has 8 nitrogen and oxygen atoms in total. The Hall–Kier alpha value is -2.44. The van der Waals surface area contributed by atoms with E-state index in [0.29, 0.717) is 20.6 Å². The first-order valence-corrected chi connectivity index (χ1v) is 11.4. The number of carboxylic acids is 1. The molecule has 156 valence electrons. The summed E-state index contributed by atoms with van der Waals surface area (Å²) < 4.78 is 13.6. The number of β-lactam (4-membered cyclic amide) rings is 1. The first kappa shape index (κ1) is 20.8. The number of rotatable bonds is 6. The molecule has 2 aliphatic rings. The molecule has 0 aliphatic carbocycles. The van der Waals surface area contributed by atoms with Crippen LogP contribution in [0.2, 0.25) is 0 Å². The lowest BCUT2D eigenvalue weighted by Gasteiger charge is -2.49. The minimum atomic E-state index is -1.20. The summed E-state index contributed by atoms with van der Waals surface area (Å²) in [6.07, 6.45) is 0.000569. The number of carbonyl (C=O) groups excluding carboxylic acids is 2. The number of amides is 2. The zero-order valence-electron chi connectivity index (χ0n) is 15.5. The van der Waals surface area contributed by atoms with Crippen molar-refractivity contribution in [3.63, 3.8) is 0 Å². The van der Waals surface area contributed by atoms with Gasteiger partial charge < -0.3 is 10.4 Å². The molecule has 0 unspecified atom stereocenters. The van der Waals surface area contributed by atoms with Crippen LogP contribution in [0.15, 0.2) is 39.2 Å². The minimum absolute atomic E-state index is 0.000569. The fourth-order valence-corrected chi connectivity index (χ4v) is 6.56. The topological polar surface area (TPSA) is 112 Å². The van der Waals surface area contributed by atoms with Gasteiger partial charge in [0.1, 0.15) is 27.9 Å². The van der Waals surface area contributed by atoms with Gasteiger partial charge >= 0.3 is 5.97 Å². The Labute approximate surface area is 182 Å². The summed E-state index contributed by atoms with van der Waals surface area (Å²) in [4.78, 5) is 38.6. The molecular weight excluding hydrogens is 451 g/mol. The first-order chi connectivity index (χ1) is 14.3. The van der Waals surface area contributed by atoms with E-state index in [0.717, 1.165) is 5.01 Å². The monoisotopic (exact) mass is 466 g/mol. The highest BCUT2D eigenvalue weighted by molar-refractivity contribution is 8.07. The number of thioether (sulfide) groups is 2. The van der Waals surface area contributed by atoms with Crippen molar-refractivity contribution < 1.29 is 23.9 Å². The van der Waals surface area contributed by atoms with Crippen molar-refractivity contribution in [2.75, 3.05) is 5.75 Å². The van der Waals surface area contributed by atoms with Crippen LogP contribution in [0.3, 0.4) is 0 Å². The predicted molar refractivity (Wildman–Crippen MR) is 110 cm³/mol. The summed E-state index contributed by atoms with van der Waals surface area (Å²) in [7, 11) is 0. The Morgan fingerprint density at radius 1 is 1.33 bits per heavy atom. The maximum atomic E-state index is 13.0. The van der Waals surface area contributed by atoms with E-state index in [2.05, 4.69) is 15.5 Å². The van der Waals surface area contributed by atoms with Crippen molar-refractivity contribution in [1.29, 1.82) is 0 Å². The molecule has 1 aromatic carbocycles. The molecule has 1 fully saturated rings. The quantitative estimate of drug-likeness (QED) is 0.622. The van der Waals surface area contributed by atoms with Gasteiger partial charge in [0.2, 0.25) is 5.91 Å². The number of aliphatic carboxylic acids is 1. The maximum Gasteiger partial charge on any atom is 0.353 e. The van der Waals surface area contributed by atoms with Crippen LogP contribution in [0.5, 0.6) is 0 Å². The van der Waals surface area contributed by atoms with Gasteiger partial charge in [-0.3, -0.25) is 14.5 Å². The molecule has 4 rings (SSSR count). The molecule has 2 aromatic rings. The summed E-state index contributed by atoms with van der Waals surface area (Å²) in [5.41, 5.74) is 0.539. The van der Waals surface area contributed by atoms with E-state index < -0.39 is 29.1 Å². The number of aryl methyl sites for hydroxylation is 1. The third-order valence-electron chi connectivity index (χ3n) is 4.45. The van der Waals surface area contributed by atoms with Crippen LogP contribution in [-0.2, 0) is 20.8 Å². The number of hydrogen-bond acceptors (Lipinski definition) is 8. The molecule has 2 N–H and O–H groups in total. The van der Waals surface area contributed by atoms with Crippen molar-refractivity contribution in [2.24, 2.45) is 0 Å². The maximum absolute atomic E-state index is 13.0. The Balaban J connectivity index is 1.46. The van der Waals surface area contributed by atoms with Gasteiger partial charge in [-0.1, -0.05) is 35.2 Å². The highest BCUT2D eigenvalue weighted by atomic mass is 32.2. The average molecular weight is 467 g/mol. The Bertz CT molecular complexity index is 1060. The van der Waals surface area contributed by atoms with Gasteiger partial charge in [0, 0.05) is 10.7 Å². The molecule has 2 aliphatic heterocycles. The van der Waals surface area contributed by atoms with E-state index in [4.69, 9.17) is 0 Å². The summed E-state index contributed by atoms with van der Waals surface area (Å²) in [5.74, 6) is -2.07. The van der Waals surface area contributed by atoms with E-state index in [1.807, 2.05) is 0 Å². The summed E-state index contributed by atoms with van der Waals surface area (Å²) in [6.45, 7) is 1.80. The number of benzene rings is 1. The lowest BCUT2D eigenvalue weighted by Crippen LogP contribution is -2.70. The SMILES string of the molecule is Cc1nnc(SC2=C(C(=O)O)N3C(=O)[C@@H](NC(=O)Cc4ccc(F)cc4)[C@@H]3SC2)s1. The molecular formula is C18H15FN4O4S3. The number of hydrogen-bond donors (Lipinski definition) is 2. The van der Waals surface area contributed by atoms with Crippen molar-refractivity contribution in [3.05, 3.63) is 51.3 Å². The van der Waals surface area contributed by atoms with Gasteiger partial charge in [-0.25, -0.2) is 9.18 Å². The number of fused-ring (bicyclic) bond motifs is 1. The lowest BCUT2D eigenvalue weighted by molar-refractivity contribution is -0.150. The van der Waals surface area contributed by atoms with Crippen LogP contribution >= 0.6 is 34.9 Å². The van der Waals surface area contributed by atoms with Crippen LogP contribution in [0.25, 0.3) is 0 Å². The number of aromatic nitrogens is 2. The third kappa shape index (κ3) is 4.07. The molecule has 2 amide bonds. The van der Waals surface area contributed by atoms with Crippen molar-refractivity contribution in [1.82, 2.24) is 20.4 Å². The predicted octanol–water partition coefficient (Wildman–Crippen LogP) is 2.02. The normalized spacial score (nSPS) is 20.6. The molecule has 2 atom stereocenters. The van der Waals surface area contributed by atoms with Gasteiger partial charge in [-0.15, -0.1) is 22.0 Å². The lowest BCUT2D eigenvalue weighted by atomic mass is 10.0. The fraction of sp³-hybridized carbons (Fsp3) is 0.278. The molecule has 0 spiro atoms. The van der Waals surface area contributed by atoms with Gasteiger partial charge in [0.25, 0.3) is 5.91 Å². The van der Waals surface area contributed by atoms with E-state index in [9.17, 15) is 23.9 Å². The smallest absolute Gasteiger partial charge is 0.353 e. The molecule has 1 saturated heterocycles. The van der Waals surface area contributed by atoms with Crippen molar-refractivity contribution in [3.8, 4) is 0 Å². The fourth-order valence-electron chi connectivity index (χ4n) is 3.11. The summed E-state index contributed by atoms with van der Waals surface area (Å²) >= 11 is 3.93. The van der Waals surface area contributed by atoms with Crippen molar-refractivity contribution in [2.45, 2.75) is 29.1 Å². The van der Waals surface area contributed by atoms with Crippen LogP contribution in [0.4, 0.5) is 4.39 Å². The highest BCUT2D eigenvalue weighted by Gasteiger charge is 2.54. The van der Waals surface area contributed by atoms with Crippen molar-refractivity contribution >= 4 is 52.6 Å². The third-order valence-corrected chi connectivity index (χ3v) is 7.88. The standard InChI is InChI=1S/C18H15FN4O4S3/c1-8-21-22-18(29-8)30-11-7-28-16-13(15(25)23(16)14(11)17(26)27)20-12(24)6-9-2-4-10(19)5-3-9/h2-5,13,16H,6-7H2,1H3,(H,20,24)(H,26,27)/t13-,16+/m1/s1.